The van der Waals surface area contributed by atoms with Crippen LogP contribution in [0.25, 0.3) is 22.9 Å². The van der Waals surface area contributed by atoms with E-state index in [1.165, 1.54) is 23.5 Å². The van der Waals surface area contributed by atoms with Gasteiger partial charge in [-0.1, -0.05) is 53.9 Å². The number of hydrogen-bond donors (Lipinski definition) is 1. The summed E-state index contributed by atoms with van der Waals surface area (Å²) in [7, 11) is 0. The van der Waals surface area contributed by atoms with Crippen molar-refractivity contribution in [3.8, 4) is 22.9 Å². The first kappa shape index (κ1) is 28.6. The number of hydrogen-bond acceptors (Lipinski definition) is 11. The van der Waals surface area contributed by atoms with Gasteiger partial charge in [0.25, 0.3) is 10.4 Å². The van der Waals surface area contributed by atoms with Crippen LogP contribution in [0.1, 0.15) is 24.5 Å². The van der Waals surface area contributed by atoms with E-state index in [9.17, 15) is 13.2 Å². The highest BCUT2D eigenvalue weighted by molar-refractivity contribution is 7.99. The molecule has 1 saturated heterocycles. The lowest BCUT2D eigenvalue weighted by Crippen LogP contribution is -2.30. The van der Waals surface area contributed by atoms with Crippen molar-refractivity contribution in [2.45, 2.75) is 41.9 Å². The molecule has 0 aliphatic carbocycles. The van der Waals surface area contributed by atoms with Crippen LogP contribution in [0, 0.1) is 0 Å². The predicted octanol–water partition coefficient (Wildman–Crippen LogP) is 6.02. The largest absolute Gasteiger partial charge is 0.411 e. The number of benzene rings is 2. The molecule has 212 valence electrons. The molecule has 2 atom stereocenters. The van der Waals surface area contributed by atoms with Gasteiger partial charge < -0.3 is 23.6 Å². The van der Waals surface area contributed by atoms with Gasteiger partial charge in [0.15, 0.2) is 6.29 Å². The van der Waals surface area contributed by atoms with Crippen LogP contribution in [-0.2, 0) is 9.47 Å². The molecule has 5 rings (SSSR count). The Balaban J connectivity index is 1.10. The van der Waals surface area contributed by atoms with Crippen molar-refractivity contribution in [1.29, 1.82) is 0 Å². The molecule has 2 unspecified atom stereocenters. The number of nitrogens with zero attached hydrogens (tertiary/aromatic N) is 4. The van der Waals surface area contributed by atoms with E-state index in [1.807, 2.05) is 54.6 Å². The summed E-state index contributed by atoms with van der Waals surface area (Å²) in [6.45, 7) is -0.299. The molecule has 4 aromatic rings. The molecule has 0 saturated carbocycles. The van der Waals surface area contributed by atoms with E-state index in [0.29, 0.717) is 53.2 Å². The predicted molar refractivity (Wildman–Crippen MR) is 143 cm³/mol. The third kappa shape index (κ3) is 8.30. The van der Waals surface area contributed by atoms with Crippen molar-refractivity contribution in [1.82, 2.24) is 25.7 Å². The van der Waals surface area contributed by atoms with Gasteiger partial charge in [0, 0.05) is 42.0 Å². The molecular formula is C26H26F3N5O4S2. The Kier molecular flexibility index (Phi) is 9.75. The minimum Gasteiger partial charge on any atom is -0.411 e. The molecule has 3 heterocycles. The Bertz CT molecular complexity index is 1360. The monoisotopic (exact) mass is 593 g/mol. The maximum atomic E-state index is 12.2. The van der Waals surface area contributed by atoms with Crippen molar-refractivity contribution < 1.29 is 31.5 Å². The molecule has 2 aromatic heterocycles. The quantitative estimate of drug-likeness (QED) is 0.154. The van der Waals surface area contributed by atoms with E-state index >= 15 is 0 Å². The molecule has 1 aliphatic heterocycles. The van der Waals surface area contributed by atoms with Crippen LogP contribution in [0.15, 0.2) is 73.9 Å². The molecule has 1 fully saturated rings. The van der Waals surface area contributed by atoms with Crippen molar-refractivity contribution in [3.63, 3.8) is 0 Å². The fourth-order valence-electron chi connectivity index (χ4n) is 3.90. The summed E-state index contributed by atoms with van der Waals surface area (Å²) in [4.78, 5) is 0. The molecular weight excluding hydrogens is 567 g/mol. The second-order valence-corrected chi connectivity index (χ2v) is 10.8. The van der Waals surface area contributed by atoms with Crippen molar-refractivity contribution in [2.75, 3.05) is 31.2 Å². The average molecular weight is 594 g/mol. The average Bonchev–Trinajstić information content (AvgIpc) is 3.63. The number of rotatable bonds is 12. The highest BCUT2D eigenvalue weighted by Crippen LogP contribution is 2.33. The second-order valence-electron chi connectivity index (χ2n) is 8.73. The zero-order chi connectivity index (χ0) is 27.8. The van der Waals surface area contributed by atoms with Gasteiger partial charge in [-0.05, 0) is 29.8 Å². The molecule has 14 heteroatoms. The number of ether oxygens (including phenoxy) is 2. The summed E-state index contributed by atoms with van der Waals surface area (Å²) in [6.07, 6.45) is -3.42. The summed E-state index contributed by atoms with van der Waals surface area (Å²) in [5.41, 5.74) is 2.57. The van der Waals surface area contributed by atoms with Crippen molar-refractivity contribution >= 4 is 23.5 Å². The molecule has 0 amide bonds. The first-order valence-corrected chi connectivity index (χ1v) is 14.5. The molecule has 0 bridgehead atoms. The van der Waals surface area contributed by atoms with Gasteiger partial charge in [0.05, 0.1) is 19.3 Å². The van der Waals surface area contributed by atoms with Gasteiger partial charge >= 0.3 is 6.18 Å². The van der Waals surface area contributed by atoms with Crippen molar-refractivity contribution in [3.05, 3.63) is 60.2 Å². The van der Waals surface area contributed by atoms with Gasteiger partial charge in [-0.25, -0.2) is 0 Å². The molecule has 40 heavy (non-hydrogen) atoms. The van der Waals surface area contributed by atoms with Gasteiger partial charge in [-0.3, -0.25) is 0 Å². The van der Waals surface area contributed by atoms with Gasteiger partial charge in [0.1, 0.15) is 0 Å². The maximum Gasteiger partial charge on any atom is 0.401 e. The summed E-state index contributed by atoms with van der Waals surface area (Å²) in [5, 5.41) is 19.4. The van der Waals surface area contributed by atoms with Crippen LogP contribution in [0.5, 0.6) is 0 Å². The van der Waals surface area contributed by atoms with Gasteiger partial charge in [-0.15, -0.1) is 20.4 Å². The zero-order valence-corrected chi connectivity index (χ0v) is 22.8. The van der Waals surface area contributed by atoms with E-state index in [2.05, 4.69) is 25.7 Å². The zero-order valence-electron chi connectivity index (χ0n) is 21.2. The first-order chi connectivity index (χ1) is 19.4. The van der Waals surface area contributed by atoms with Crippen LogP contribution >= 0.6 is 23.5 Å². The molecule has 0 spiro atoms. The SMILES string of the molecule is FC(F)(F)CNCCSc1nnc(-c2cccc(C3CCOC(CCSc4nnc(-c5ccccc5)o4)O3)c2)o1. The topological polar surface area (TPSA) is 108 Å². The Hall–Kier alpha value is -2.91. The van der Waals surface area contributed by atoms with Gasteiger partial charge in [-0.2, -0.15) is 13.2 Å². The summed E-state index contributed by atoms with van der Waals surface area (Å²) < 4.78 is 60.2. The van der Waals surface area contributed by atoms with E-state index in [-0.39, 0.29) is 18.9 Å². The highest BCUT2D eigenvalue weighted by atomic mass is 32.2. The van der Waals surface area contributed by atoms with Gasteiger partial charge in [0.2, 0.25) is 11.8 Å². The lowest BCUT2D eigenvalue weighted by Gasteiger charge is -2.30. The molecule has 0 radical (unpaired) electrons. The molecule has 1 N–H and O–H groups in total. The van der Waals surface area contributed by atoms with Crippen molar-refractivity contribution in [2.24, 2.45) is 0 Å². The number of alkyl halides is 3. The number of aromatic nitrogens is 4. The minimum atomic E-state index is -4.23. The lowest BCUT2D eigenvalue weighted by molar-refractivity contribution is -0.214. The number of thioether (sulfide) groups is 2. The summed E-state index contributed by atoms with van der Waals surface area (Å²) in [5.74, 6) is 1.87. The third-order valence-electron chi connectivity index (χ3n) is 5.75. The standard InChI is InChI=1S/C26H26F3N5O4S2/c27-26(28,29)16-30-11-14-40-25-34-32-23(38-25)19-8-4-7-18(15-19)20-9-12-35-21(36-20)10-13-39-24-33-31-22(37-24)17-5-2-1-3-6-17/h1-8,15,20-21,30H,9-14,16H2. The third-order valence-corrected chi connectivity index (χ3v) is 7.42. The number of halogens is 3. The lowest BCUT2D eigenvalue weighted by atomic mass is 10.0. The van der Waals surface area contributed by atoms with Crippen LogP contribution in [0.3, 0.4) is 0 Å². The molecule has 2 aromatic carbocycles. The van der Waals surface area contributed by atoms with E-state index in [0.717, 1.165) is 16.7 Å². The summed E-state index contributed by atoms with van der Waals surface area (Å²) >= 11 is 2.65. The Labute approximate surface area is 236 Å². The minimum absolute atomic E-state index is 0.159. The smallest absolute Gasteiger partial charge is 0.401 e. The fourth-order valence-corrected chi connectivity index (χ4v) is 5.28. The van der Waals surface area contributed by atoms with Crippen LogP contribution in [0.4, 0.5) is 13.2 Å². The normalized spacial score (nSPS) is 17.8. The maximum absolute atomic E-state index is 12.2. The summed E-state index contributed by atoms with van der Waals surface area (Å²) in [6, 6.07) is 17.3. The second kappa shape index (κ2) is 13.6. The Morgan fingerprint density at radius 3 is 2.30 bits per heavy atom. The van der Waals surface area contributed by atoms with E-state index < -0.39 is 12.7 Å². The first-order valence-electron chi connectivity index (χ1n) is 12.6. The number of nitrogens with one attached hydrogen (secondary N) is 1. The molecule has 1 aliphatic rings. The van der Waals surface area contributed by atoms with Crippen LogP contribution in [-0.4, -0.2) is 64.1 Å². The van der Waals surface area contributed by atoms with Crippen LogP contribution < -0.4 is 5.32 Å². The fraction of sp³-hybridized carbons (Fsp3) is 0.385. The molecule has 9 nitrogen and oxygen atoms in total. The van der Waals surface area contributed by atoms with E-state index in [1.54, 1.807) is 0 Å². The van der Waals surface area contributed by atoms with Crippen LogP contribution in [0.2, 0.25) is 0 Å². The van der Waals surface area contributed by atoms with E-state index in [4.69, 9.17) is 18.3 Å². The highest BCUT2D eigenvalue weighted by Gasteiger charge is 2.26. The Morgan fingerprint density at radius 1 is 0.850 bits per heavy atom. The Morgan fingerprint density at radius 2 is 1.55 bits per heavy atom.